The molecule has 0 bridgehead atoms. The van der Waals surface area contributed by atoms with Gasteiger partial charge in [0, 0.05) is 0 Å². The highest BCUT2D eigenvalue weighted by atomic mass is 16.3. The zero-order valence-electron chi connectivity index (χ0n) is 10.6. The Morgan fingerprint density at radius 3 is 3.06 bits per heavy atom. The van der Waals surface area contributed by atoms with Crippen molar-refractivity contribution in [1.82, 2.24) is 0 Å². The third kappa shape index (κ3) is 2.23. The lowest BCUT2D eigenvalue weighted by Crippen LogP contribution is -2.38. The van der Waals surface area contributed by atoms with E-state index in [0.29, 0.717) is 11.8 Å². The van der Waals surface area contributed by atoms with E-state index in [4.69, 9.17) is 0 Å². The number of rotatable bonds is 3. The van der Waals surface area contributed by atoms with Crippen LogP contribution in [0.4, 0.5) is 0 Å². The number of carbonyl (C=O) groups excluding carboxylic acids is 1. The van der Waals surface area contributed by atoms with E-state index in [0.717, 1.165) is 43.1 Å². The van der Waals surface area contributed by atoms with Crippen LogP contribution in [0.25, 0.3) is 0 Å². The zero-order chi connectivity index (χ0) is 12.5. The van der Waals surface area contributed by atoms with E-state index in [1.165, 1.54) is 6.42 Å². The molecule has 1 fully saturated rings. The highest BCUT2D eigenvalue weighted by Crippen LogP contribution is 2.52. The maximum Gasteiger partial charge on any atom is 0.146 e. The molecule has 94 valence electrons. The molecule has 0 radical (unpaired) electrons. The molecule has 0 saturated heterocycles. The Hall–Kier alpha value is -0.890. The highest BCUT2D eigenvalue weighted by molar-refractivity contribution is 5.74. The summed E-state index contributed by atoms with van der Waals surface area (Å²) in [6.07, 6.45) is 8.60. The highest BCUT2D eigenvalue weighted by Gasteiger charge is 2.43. The second kappa shape index (κ2) is 4.77. The number of hydrogen-bond donors (Lipinski definition) is 1. The first-order valence-corrected chi connectivity index (χ1v) is 6.54. The maximum absolute atomic E-state index is 11.2. The molecule has 2 rings (SSSR count). The minimum atomic E-state index is 0.0776. The van der Waals surface area contributed by atoms with Crippen molar-refractivity contribution in [2.45, 2.75) is 39.0 Å². The first-order valence-electron chi connectivity index (χ1n) is 6.54. The molecule has 2 nitrogen and oxygen atoms in total. The molecule has 2 aliphatic rings. The van der Waals surface area contributed by atoms with E-state index in [9.17, 15) is 9.90 Å². The Morgan fingerprint density at radius 1 is 1.65 bits per heavy atom. The summed E-state index contributed by atoms with van der Waals surface area (Å²) in [6.45, 7) is 6.34. The van der Waals surface area contributed by atoms with E-state index >= 15 is 0 Å². The number of hydrogen-bond acceptors (Lipinski definition) is 2. The fourth-order valence-corrected chi connectivity index (χ4v) is 3.54. The molecular formula is C15H22O2. The van der Waals surface area contributed by atoms with Crippen LogP contribution >= 0.6 is 0 Å². The molecular weight excluding hydrogens is 212 g/mol. The van der Waals surface area contributed by atoms with Gasteiger partial charge in [0.25, 0.3) is 0 Å². The fourth-order valence-electron chi connectivity index (χ4n) is 3.54. The lowest BCUT2D eigenvalue weighted by molar-refractivity contribution is -0.106. The Labute approximate surface area is 103 Å². The Morgan fingerprint density at radius 2 is 2.41 bits per heavy atom. The van der Waals surface area contributed by atoms with E-state index < -0.39 is 0 Å². The van der Waals surface area contributed by atoms with Crippen LogP contribution in [0.1, 0.15) is 39.0 Å². The molecule has 2 heteroatoms. The van der Waals surface area contributed by atoms with Gasteiger partial charge in [-0.15, -0.1) is 0 Å². The molecule has 2 aliphatic carbocycles. The number of carbonyl (C=O) groups is 1. The van der Waals surface area contributed by atoms with Crippen LogP contribution in [0, 0.1) is 17.3 Å². The molecule has 17 heavy (non-hydrogen) atoms. The maximum atomic E-state index is 11.2. The average molecular weight is 234 g/mol. The Kier molecular flexibility index (Phi) is 3.53. The van der Waals surface area contributed by atoms with Gasteiger partial charge in [0.15, 0.2) is 0 Å². The van der Waals surface area contributed by atoms with Gasteiger partial charge in [-0.05, 0) is 60.5 Å². The molecule has 0 aromatic rings. The SMILES string of the molecule is C=C(CO)[C@@H]1CC[C@@]2(C)CCC=C(C=O)[C@@H]2C1. The quantitative estimate of drug-likeness (QED) is 0.602. The van der Waals surface area contributed by atoms with Gasteiger partial charge in [0.05, 0.1) is 6.61 Å². The number of aliphatic hydroxyl groups excluding tert-OH is 1. The molecule has 1 saturated carbocycles. The summed E-state index contributed by atoms with van der Waals surface area (Å²) in [5.74, 6) is 0.760. The molecule has 0 aromatic heterocycles. The predicted octanol–water partition coefficient (Wildman–Crippen LogP) is 2.88. The Balaban J connectivity index is 2.20. The van der Waals surface area contributed by atoms with Gasteiger partial charge in [-0.3, -0.25) is 4.79 Å². The average Bonchev–Trinajstić information content (AvgIpc) is 2.35. The minimum Gasteiger partial charge on any atom is -0.392 e. The standard InChI is InChI=1S/C15H22O2/c1-11(9-16)12-5-7-15(2)6-3-4-13(10-17)14(15)8-12/h4,10,12,14,16H,1,3,5-9H2,2H3/t12-,14+,15-/m1/s1. The lowest BCUT2D eigenvalue weighted by Gasteiger charge is -2.47. The summed E-state index contributed by atoms with van der Waals surface area (Å²) in [5, 5.41) is 9.19. The molecule has 1 N–H and O–H groups in total. The fraction of sp³-hybridized carbons (Fsp3) is 0.667. The van der Waals surface area contributed by atoms with Crippen molar-refractivity contribution in [3.8, 4) is 0 Å². The van der Waals surface area contributed by atoms with E-state index in [1.807, 2.05) is 0 Å². The lowest BCUT2D eigenvalue weighted by atomic mass is 9.57. The summed E-state index contributed by atoms with van der Waals surface area (Å²) in [4.78, 5) is 11.2. The number of aldehydes is 1. The largest absolute Gasteiger partial charge is 0.392 e. The van der Waals surface area contributed by atoms with Crippen molar-refractivity contribution in [1.29, 1.82) is 0 Å². The van der Waals surface area contributed by atoms with Crippen LogP contribution in [0.5, 0.6) is 0 Å². The molecule has 0 heterocycles. The molecule has 3 atom stereocenters. The van der Waals surface area contributed by atoms with Crippen molar-refractivity contribution >= 4 is 6.29 Å². The summed E-state index contributed by atoms with van der Waals surface area (Å²) >= 11 is 0. The summed E-state index contributed by atoms with van der Waals surface area (Å²) < 4.78 is 0. The Bertz CT molecular complexity index is 356. The monoisotopic (exact) mass is 234 g/mol. The van der Waals surface area contributed by atoms with Crippen LogP contribution < -0.4 is 0 Å². The smallest absolute Gasteiger partial charge is 0.146 e. The first-order chi connectivity index (χ1) is 8.10. The van der Waals surface area contributed by atoms with Crippen LogP contribution in [0.3, 0.4) is 0 Å². The third-order valence-electron chi connectivity index (χ3n) is 4.84. The van der Waals surface area contributed by atoms with Gasteiger partial charge in [0.1, 0.15) is 6.29 Å². The molecule has 0 spiro atoms. The van der Waals surface area contributed by atoms with Crippen LogP contribution in [-0.4, -0.2) is 18.0 Å². The van der Waals surface area contributed by atoms with Gasteiger partial charge in [0.2, 0.25) is 0 Å². The third-order valence-corrected chi connectivity index (χ3v) is 4.84. The van der Waals surface area contributed by atoms with E-state index in [2.05, 4.69) is 19.6 Å². The summed E-state index contributed by atoms with van der Waals surface area (Å²) in [7, 11) is 0. The number of fused-ring (bicyclic) bond motifs is 1. The number of allylic oxidation sites excluding steroid dienone is 2. The van der Waals surface area contributed by atoms with Crippen molar-refractivity contribution in [3.05, 3.63) is 23.8 Å². The van der Waals surface area contributed by atoms with Crippen LogP contribution in [0.2, 0.25) is 0 Å². The predicted molar refractivity (Wildman–Crippen MR) is 68.5 cm³/mol. The van der Waals surface area contributed by atoms with Gasteiger partial charge in [-0.2, -0.15) is 0 Å². The van der Waals surface area contributed by atoms with Crippen molar-refractivity contribution in [2.75, 3.05) is 6.61 Å². The molecule has 0 amide bonds. The van der Waals surface area contributed by atoms with Crippen molar-refractivity contribution < 1.29 is 9.90 Å². The molecule has 0 aliphatic heterocycles. The van der Waals surface area contributed by atoms with Gasteiger partial charge in [-0.25, -0.2) is 0 Å². The van der Waals surface area contributed by atoms with E-state index in [-0.39, 0.29) is 12.0 Å². The molecule has 0 aromatic carbocycles. The minimum absolute atomic E-state index is 0.0776. The number of aliphatic hydroxyl groups is 1. The summed E-state index contributed by atoms with van der Waals surface area (Å²) in [5.41, 5.74) is 2.20. The van der Waals surface area contributed by atoms with Crippen molar-refractivity contribution in [2.24, 2.45) is 17.3 Å². The topological polar surface area (TPSA) is 37.3 Å². The second-order valence-electron chi connectivity index (χ2n) is 5.85. The second-order valence-corrected chi connectivity index (χ2v) is 5.85. The van der Waals surface area contributed by atoms with Crippen LogP contribution in [0.15, 0.2) is 23.8 Å². The molecule has 0 unspecified atom stereocenters. The van der Waals surface area contributed by atoms with E-state index in [1.54, 1.807) is 0 Å². The normalized spacial score (nSPS) is 36.9. The van der Waals surface area contributed by atoms with Crippen LogP contribution in [-0.2, 0) is 4.79 Å². The van der Waals surface area contributed by atoms with Gasteiger partial charge in [-0.1, -0.05) is 19.6 Å². The van der Waals surface area contributed by atoms with Gasteiger partial charge >= 0.3 is 0 Å². The first kappa shape index (κ1) is 12.6. The van der Waals surface area contributed by atoms with Gasteiger partial charge < -0.3 is 5.11 Å². The van der Waals surface area contributed by atoms with Crippen molar-refractivity contribution in [3.63, 3.8) is 0 Å². The summed E-state index contributed by atoms with van der Waals surface area (Å²) in [6, 6.07) is 0. The zero-order valence-corrected chi connectivity index (χ0v) is 10.6.